The van der Waals surface area contributed by atoms with Crippen LogP contribution in [0.2, 0.25) is 0 Å². The number of pyridine rings is 1. The van der Waals surface area contributed by atoms with Crippen molar-refractivity contribution in [3.05, 3.63) is 36.3 Å². The van der Waals surface area contributed by atoms with Crippen LogP contribution in [0.15, 0.2) is 30.5 Å². The molecule has 0 aromatic carbocycles. The van der Waals surface area contributed by atoms with E-state index >= 15 is 0 Å². The lowest BCUT2D eigenvalue weighted by atomic mass is 9.92. The van der Waals surface area contributed by atoms with Gasteiger partial charge in [-0.1, -0.05) is 6.58 Å². The number of hydrogen-bond donors (Lipinski definition) is 1. The molecular weight excluding hydrogens is 325 g/mol. The van der Waals surface area contributed by atoms with Crippen LogP contribution in [-0.4, -0.2) is 53.5 Å². The third-order valence-electron chi connectivity index (χ3n) is 4.81. The van der Waals surface area contributed by atoms with Crippen molar-refractivity contribution < 1.29 is 19.1 Å². The molecule has 1 aromatic rings. The number of hydrogen-bond acceptors (Lipinski definition) is 4. The van der Waals surface area contributed by atoms with Gasteiger partial charge in [-0.3, -0.25) is 9.59 Å². The van der Waals surface area contributed by atoms with Crippen LogP contribution < -0.4 is 4.90 Å². The minimum Gasteiger partial charge on any atom is -0.483 e. The highest BCUT2D eigenvalue weighted by Crippen LogP contribution is 2.33. The van der Waals surface area contributed by atoms with Gasteiger partial charge in [-0.25, -0.2) is 9.37 Å². The van der Waals surface area contributed by atoms with Crippen molar-refractivity contribution in [1.29, 1.82) is 0 Å². The first-order valence-corrected chi connectivity index (χ1v) is 8.36. The third kappa shape index (κ3) is 4.55. The summed E-state index contributed by atoms with van der Waals surface area (Å²) in [6.45, 7) is 8.46. The number of carboxylic acid groups (broad SMARTS) is 1. The molecule has 136 valence electrons. The Morgan fingerprint density at radius 2 is 1.92 bits per heavy atom. The van der Waals surface area contributed by atoms with Gasteiger partial charge in [0.15, 0.2) is 11.6 Å². The molecule has 1 amide bonds. The highest BCUT2D eigenvalue weighted by Gasteiger charge is 2.37. The Morgan fingerprint density at radius 1 is 1.36 bits per heavy atom. The first-order chi connectivity index (χ1) is 12.0. The van der Waals surface area contributed by atoms with Crippen molar-refractivity contribution in [2.24, 2.45) is 11.8 Å². The lowest BCUT2D eigenvalue weighted by Gasteiger charge is -2.23. The highest BCUT2D eigenvalue weighted by atomic mass is 19.1. The van der Waals surface area contributed by atoms with Gasteiger partial charge in [0.05, 0.1) is 0 Å². The van der Waals surface area contributed by atoms with E-state index in [-0.39, 0.29) is 18.2 Å². The summed E-state index contributed by atoms with van der Waals surface area (Å²) < 4.78 is 13.9. The number of anilines is 1. The molecule has 0 bridgehead atoms. The summed E-state index contributed by atoms with van der Waals surface area (Å²) >= 11 is 0. The number of likely N-dealkylation sites (tertiary alicyclic amines) is 1. The first kappa shape index (κ1) is 18.9. The molecule has 2 atom stereocenters. The quantitative estimate of drug-likeness (QED) is 0.654. The molecule has 2 saturated heterocycles. The van der Waals surface area contributed by atoms with Crippen LogP contribution in [0, 0.1) is 17.7 Å². The van der Waals surface area contributed by atoms with Crippen molar-refractivity contribution >= 4 is 18.2 Å². The minimum absolute atomic E-state index is 0.0701. The number of halogens is 1. The first-order valence-electron chi connectivity index (χ1n) is 8.36. The molecule has 2 aliphatic heterocycles. The number of aromatic nitrogens is 1. The Kier molecular flexibility index (Phi) is 6.50. The van der Waals surface area contributed by atoms with E-state index < -0.39 is 0 Å². The number of rotatable bonds is 2. The summed E-state index contributed by atoms with van der Waals surface area (Å²) in [5.41, 5.74) is 0.605. The van der Waals surface area contributed by atoms with Gasteiger partial charge in [0, 0.05) is 37.9 Å². The Morgan fingerprint density at radius 3 is 2.40 bits per heavy atom. The maximum absolute atomic E-state index is 13.9. The second-order valence-electron chi connectivity index (χ2n) is 6.49. The van der Waals surface area contributed by atoms with E-state index in [1.165, 1.54) is 6.07 Å². The van der Waals surface area contributed by atoms with E-state index in [9.17, 15) is 9.18 Å². The third-order valence-corrected chi connectivity index (χ3v) is 4.81. The zero-order valence-corrected chi connectivity index (χ0v) is 14.4. The maximum atomic E-state index is 13.9. The summed E-state index contributed by atoms with van der Waals surface area (Å²) in [6.07, 6.45) is 3.58. The predicted octanol–water partition coefficient (Wildman–Crippen LogP) is 2.17. The smallest absolute Gasteiger partial charge is 0.290 e. The van der Waals surface area contributed by atoms with Crippen LogP contribution in [0.5, 0.6) is 0 Å². The average Bonchev–Trinajstić information content (AvgIpc) is 2.89. The maximum Gasteiger partial charge on any atom is 0.290 e. The van der Waals surface area contributed by atoms with Gasteiger partial charge in [-0.2, -0.15) is 0 Å². The van der Waals surface area contributed by atoms with E-state index in [1.54, 1.807) is 19.2 Å². The molecule has 2 aliphatic rings. The van der Waals surface area contributed by atoms with Gasteiger partial charge in [-0.15, -0.1) is 0 Å². The van der Waals surface area contributed by atoms with E-state index in [1.807, 2.05) is 9.80 Å². The monoisotopic (exact) mass is 349 g/mol. The Hall–Kier alpha value is -2.44. The van der Waals surface area contributed by atoms with Crippen molar-refractivity contribution in [3.63, 3.8) is 0 Å². The van der Waals surface area contributed by atoms with Gasteiger partial charge in [0.2, 0.25) is 5.91 Å². The topological polar surface area (TPSA) is 73.7 Å². The zero-order chi connectivity index (χ0) is 18.4. The van der Waals surface area contributed by atoms with Gasteiger partial charge >= 0.3 is 0 Å². The second kappa shape index (κ2) is 8.60. The number of carbonyl (C=O) groups excluding carboxylic acids is 1. The summed E-state index contributed by atoms with van der Waals surface area (Å²) in [7, 11) is 0. The fourth-order valence-corrected chi connectivity index (χ4v) is 3.61. The lowest BCUT2D eigenvalue weighted by molar-refractivity contribution is -0.126. The largest absolute Gasteiger partial charge is 0.483 e. The summed E-state index contributed by atoms with van der Waals surface area (Å²) in [5.74, 6) is 1.27. The number of nitrogens with zero attached hydrogens (tertiary/aromatic N) is 3. The van der Waals surface area contributed by atoms with Crippen molar-refractivity contribution in [1.82, 2.24) is 9.88 Å². The van der Waals surface area contributed by atoms with Crippen molar-refractivity contribution in [2.75, 3.05) is 31.1 Å². The van der Waals surface area contributed by atoms with Crippen molar-refractivity contribution in [2.45, 2.75) is 19.8 Å². The van der Waals surface area contributed by atoms with Gasteiger partial charge in [0.25, 0.3) is 6.47 Å². The molecule has 0 spiro atoms. The van der Waals surface area contributed by atoms with Crippen LogP contribution in [0.4, 0.5) is 10.2 Å². The molecule has 1 aromatic heterocycles. The molecule has 3 heterocycles. The van der Waals surface area contributed by atoms with Crippen molar-refractivity contribution in [3.8, 4) is 0 Å². The molecule has 1 N–H and O–H groups in total. The molecule has 0 aliphatic carbocycles. The van der Waals surface area contributed by atoms with Crippen LogP contribution >= 0.6 is 0 Å². The van der Waals surface area contributed by atoms with Crippen LogP contribution in [-0.2, 0) is 9.59 Å². The molecule has 25 heavy (non-hydrogen) atoms. The molecule has 6 nitrogen and oxygen atoms in total. The molecule has 2 fully saturated rings. The number of carbonyl (C=O) groups is 2. The van der Waals surface area contributed by atoms with E-state index in [4.69, 9.17) is 9.90 Å². The van der Waals surface area contributed by atoms with Crippen LogP contribution in [0.1, 0.15) is 19.8 Å². The fourth-order valence-electron chi connectivity index (χ4n) is 3.61. The van der Waals surface area contributed by atoms with E-state index in [0.717, 1.165) is 39.0 Å². The Balaban J connectivity index is 0.000000701. The van der Waals surface area contributed by atoms with Gasteiger partial charge in [-0.05, 0) is 43.7 Å². The predicted molar refractivity (Wildman–Crippen MR) is 92.7 cm³/mol. The SMILES string of the molecule is C=C(C)C(=O)N1C[C@H]2CCN(c3ncccc3F)CC[C@H]2C1.O=CO. The molecule has 0 saturated carbocycles. The van der Waals surface area contributed by atoms with Gasteiger partial charge in [0.1, 0.15) is 0 Å². The fraction of sp³-hybridized carbons (Fsp3) is 0.500. The summed E-state index contributed by atoms with van der Waals surface area (Å²) in [6, 6.07) is 3.08. The Labute approximate surface area is 147 Å². The van der Waals surface area contributed by atoms with Crippen LogP contribution in [0.3, 0.4) is 0 Å². The summed E-state index contributed by atoms with van der Waals surface area (Å²) in [5, 5.41) is 6.89. The molecular formula is C18H24FN3O3. The lowest BCUT2D eigenvalue weighted by Crippen LogP contribution is -2.31. The summed E-state index contributed by atoms with van der Waals surface area (Å²) in [4.78, 5) is 28.6. The minimum atomic E-state index is -0.256. The van der Waals surface area contributed by atoms with Gasteiger partial charge < -0.3 is 14.9 Å². The molecule has 0 unspecified atom stereocenters. The number of fused-ring (bicyclic) bond motifs is 1. The second-order valence-corrected chi connectivity index (χ2v) is 6.49. The number of amides is 1. The average molecular weight is 349 g/mol. The molecule has 3 rings (SSSR count). The molecule has 0 radical (unpaired) electrons. The van der Waals surface area contributed by atoms with E-state index in [2.05, 4.69) is 11.6 Å². The zero-order valence-electron chi connectivity index (χ0n) is 14.4. The van der Waals surface area contributed by atoms with Crippen LogP contribution in [0.25, 0.3) is 0 Å². The Bertz CT molecular complexity index is 622. The standard InChI is InChI=1S/C17H22FN3O.CH2O2/c1-12(2)17(22)21-10-13-5-8-20(9-6-14(13)11-21)16-15(18)4-3-7-19-16;2-1-3/h3-4,7,13-14H,1,5-6,8-11H2,2H3;1H,(H,2,3)/t13-,14+;. The molecule has 7 heteroatoms. The van der Waals surface area contributed by atoms with E-state index in [0.29, 0.717) is 23.2 Å². The normalized spacial score (nSPS) is 22.3. The highest BCUT2D eigenvalue weighted by molar-refractivity contribution is 5.92.